The van der Waals surface area contributed by atoms with E-state index in [9.17, 15) is 0 Å². The van der Waals surface area contributed by atoms with E-state index in [0.29, 0.717) is 5.92 Å². The molecule has 0 aliphatic heterocycles. The van der Waals surface area contributed by atoms with Crippen molar-refractivity contribution in [3.63, 3.8) is 0 Å². The van der Waals surface area contributed by atoms with Crippen molar-refractivity contribution in [1.82, 2.24) is 9.78 Å². The van der Waals surface area contributed by atoms with Gasteiger partial charge in [-0.2, -0.15) is 5.10 Å². The number of alkyl halides is 1. The molecule has 2 rings (SSSR count). The fourth-order valence-corrected chi connectivity index (χ4v) is 3.11. The summed E-state index contributed by atoms with van der Waals surface area (Å²) in [5.41, 5.74) is 3.63. The molecule has 0 radical (unpaired) electrons. The zero-order chi connectivity index (χ0) is 13.8. The lowest BCUT2D eigenvalue weighted by Gasteiger charge is -2.15. The fraction of sp³-hybridized carbons (Fsp3) is 0.400. The predicted molar refractivity (Wildman–Crippen MR) is 84.3 cm³/mol. The molecule has 2 nitrogen and oxygen atoms in total. The summed E-state index contributed by atoms with van der Waals surface area (Å²) in [6, 6.07) is 10.3. The molecule has 1 unspecified atom stereocenters. The highest BCUT2D eigenvalue weighted by atomic mass is 79.9. The average molecular weight is 342 g/mol. The molecule has 0 bridgehead atoms. The quantitative estimate of drug-likeness (QED) is 0.728. The lowest BCUT2D eigenvalue weighted by atomic mass is 9.96. The number of nitrogens with zero attached hydrogens (tertiary/aromatic N) is 2. The summed E-state index contributed by atoms with van der Waals surface area (Å²) in [6.45, 7) is 5.07. The molecule has 2 aromatic rings. The van der Waals surface area contributed by atoms with Gasteiger partial charge in [0.25, 0.3) is 0 Å². The second kappa shape index (κ2) is 6.58. The van der Waals surface area contributed by atoms with E-state index in [-0.39, 0.29) is 0 Å². The second-order valence-corrected chi connectivity index (χ2v) is 5.79. The minimum atomic E-state index is 0.417. The summed E-state index contributed by atoms with van der Waals surface area (Å²) < 4.78 is 2.08. The Kier molecular flexibility index (Phi) is 5.06. The molecule has 0 saturated carbocycles. The van der Waals surface area contributed by atoms with Crippen molar-refractivity contribution in [2.45, 2.75) is 32.7 Å². The van der Waals surface area contributed by atoms with Crippen LogP contribution in [0.3, 0.4) is 0 Å². The summed E-state index contributed by atoms with van der Waals surface area (Å²) in [6.07, 6.45) is 0.972. The number of hydrogen-bond donors (Lipinski definition) is 0. The highest BCUT2D eigenvalue weighted by molar-refractivity contribution is 9.09. The van der Waals surface area contributed by atoms with Crippen LogP contribution in [0.5, 0.6) is 0 Å². The van der Waals surface area contributed by atoms with Gasteiger partial charge in [-0.1, -0.05) is 39.7 Å². The first-order chi connectivity index (χ1) is 9.13. The SMILES string of the molecule is CCn1nc(C)cc1CC(CBr)c1cccc(Cl)c1. The minimum absolute atomic E-state index is 0.417. The Morgan fingerprint density at radius 3 is 2.79 bits per heavy atom. The van der Waals surface area contributed by atoms with Crippen LogP contribution in [0.1, 0.15) is 29.8 Å². The molecule has 102 valence electrons. The van der Waals surface area contributed by atoms with E-state index in [2.05, 4.69) is 44.8 Å². The summed E-state index contributed by atoms with van der Waals surface area (Å²) in [4.78, 5) is 0. The molecule has 0 fully saturated rings. The van der Waals surface area contributed by atoms with Crippen molar-refractivity contribution in [2.24, 2.45) is 0 Å². The molecule has 0 aliphatic rings. The maximum absolute atomic E-state index is 6.08. The Labute approximate surface area is 127 Å². The smallest absolute Gasteiger partial charge is 0.0596 e. The van der Waals surface area contributed by atoms with E-state index >= 15 is 0 Å². The third-order valence-electron chi connectivity index (χ3n) is 3.25. The number of aromatic nitrogens is 2. The van der Waals surface area contributed by atoms with Crippen molar-refractivity contribution in [2.75, 3.05) is 5.33 Å². The number of hydrogen-bond acceptors (Lipinski definition) is 1. The van der Waals surface area contributed by atoms with E-state index in [1.54, 1.807) is 0 Å². The topological polar surface area (TPSA) is 17.8 Å². The third kappa shape index (κ3) is 3.61. The van der Waals surface area contributed by atoms with Gasteiger partial charge in [-0.05, 0) is 49.9 Å². The molecule has 1 heterocycles. The average Bonchev–Trinajstić information content (AvgIpc) is 2.76. The highest BCUT2D eigenvalue weighted by Gasteiger charge is 2.14. The Hall–Kier alpha value is -0.800. The van der Waals surface area contributed by atoms with E-state index in [1.165, 1.54) is 11.3 Å². The third-order valence-corrected chi connectivity index (χ3v) is 4.26. The Morgan fingerprint density at radius 2 is 2.16 bits per heavy atom. The van der Waals surface area contributed by atoms with Gasteiger partial charge in [0.05, 0.1) is 5.69 Å². The summed E-state index contributed by atoms with van der Waals surface area (Å²) in [5.74, 6) is 0.417. The first-order valence-corrected chi connectivity index (χ1v) is 7.98. The van der Waals surface area contributed by atoms with Crippen LogP contribution in [-0.2, 0) is 13.0 Å². The molecule has 4 heteroatoms. The molecule has 0 spiro atoms. The van der Waals surface area contributed by atoms with Gasteiger partial charge in [0.15, 0.2) is 0 Å². The van der Waals surface area contributed by atoms with Gasteiger partial charge >= 0.3 is 0 Å². The van der Waals surface area contributed by atoms with E-state index < -0.39 is 0 Å². The van der Waals surface area contributed by atoms with Gasteiger partial charge in [-0.25, -0.2) is 0 Å². The number of rotatable bonds is 5. The zero-order valence-electron chi connectivity index (χ0n) is 11.2. The molecular formula is C15H18BrClN2. The molecule has 0 aliphatic carbocycles. The van der Waals surface area contributed by atoms with Gasteiger partial charge < -0.3 is 0 Å². The number of aryl methyl sites for hydroxylation is 2. The number of benzene rings is 1. The normalized spacial score (nSPS) is 12.6. The van der Waals surface area contributed by atoms with Crippen molar-refractivity contribution in [3.05, 3.63) is 52.3 Å². The van der Waals surface area contributed by atoms with Crippen LogP contribution in [-0.4, -0.2) is 15.1 Å². The predicted octanol–water partition coefficient (Wildman–Crippen LogP) is 4.59. The summed E-state index contributed by atoms with van der Waals surface area (Å²) in [5, 5.41) is 6.22. The Bertz CT molecular complexity index is 551. The maximum Gasteiger partial charge on any atom is 0.0596 e. The van der Waals surface area contributed by atoms with Gasteiger partial charge in [0.1, 0.15) is 0 Å². The molecular weight excluding hydrogens is 324 g/mol. The lowest BCUT2D eigenvalue weighted by Crippen LogP contribution is -2.10. The van der Waals surface area contributed by atoms with Crippen molar-refractivity contribution in [1.29, 1.82) is 0 Å². The van der Waals surface area contributed by atoms with Crippen LogP contribution in [0.25, 0.3) is 0 Å². The van der Waals surface area contributed by atoms with Crippen LogP contribution in [0.2, 0.25) is 5.02 Å². The summed E-state index contributed by atoms with van der Waals surface area (Å²) in [7, 11) is 0. The van der Waals surface area contributed by atoms with Crippen LogP contribution in [0.15, 0.2) is 30.3 Å². The zero-order valence-corrected chi connectivity index (χ0v) is 13.6. The minimum Gasteiger partial charge on any atom is -0.270 e. The van der Waals surface area contributed by atoms with Gasteiger partial charge in [-0.15, -0.1) is 0 Å². The molecule has 19 heavy (non-hydrogen) atoms. The van der Waals surface area contributed by atoms with Gasteiger partial charge in [0, 0.05) is 22.6 Å². The molecule has 0 saturated heterocycles. The first-order valence-electron chi connectivity index (χ1n) is 6.48. The molecule has 1 aromatic heterocycles. The number of halogens is 2. The lowest BCUT2D eigenvalue weighted by molar-refractivity contribution is 0.597. The second-order valence-electron chi connectivity index (χ2n) is 4.70. The molecule has 1 atom stereocenters. The van der Waals surface area contributed by atoms with Crippen molar-refractivity contribution < 1.29 is 0 Å². The highest BCUT2D eigenvalue weighted by Crippen LogP contribution is 2.25. The monoisotopic (exact) mass is 340 g/mol. The maximum atomic E-state index is 6.08. The van der Waals surface area contributed by atoms with Crippen LogP contribution >= 0.6 is 27.5 Å². The van der Waals surface area contributed by atoms with Crippen LogP contribution in [0.4, 0.5) is 0 Å². The standard InChI is InChI=1S/C15H18BrClN2/c1-3-19-15(7-11(2)18-19)9-13(10-16)12-5-4-6-14(17)8-12/h4-8,13H,3,9-10H2,1-2H3. The van der Waals surface area contributed by atoms with Crippen molar-refractivity contribution >= 4 is 27.5 Å². The molecule has 0 amide bonds. The van der Waals surface area contributed by atoms with Crippen LogP contribution in [0, 0.1) is 6.92 Å². The molecule has 1 aromatic carbocycles. The summed E-state index contributed by atoms with van der Waals surface area (Å²) >= 11 is 9.69. The van der Waals surface area contributed by atoms with E-state index in [4.69, 9.17) is 11.6 Å². The van der Waals surface area contributed by atoms with Gasteiger partial charge in [-0.3, -0.25) is 4.68 Å². The van der Waals surface area contributed by atoms with E-state index in [0.717, 1.165) is 29.0 Å². The first kappa shape index (κ1) is 14.6. The Balaban J connectivity index is 2.23. The van der Waals surface area contributed by atoms with E-state index in [1.807, 2.05) is 25.1 Å². The van der Waals surface area contributed by atoms with Crippen molar-refractivity contribution in [3.8, 4) is 0 Å². The van der Waals surface area contributed by atoms with Gasteiger partial charge in [0.2, 0.25) is 0 Å². The largest absolute Gasteiger partial charge is 0.270 e. The van der Waals surface area contributed by atoms with Crippen LogP contribution < -0.4 is 0 Å². The molecule has 0 N–H and O–H groups in total. The fourth-order valence-electron chi connectivity index (χ4n) is 2.31. The Morgan fingerprint density at radius 1 is 1.37 bits per heavy atom.